The lowest BCUT2D eigenvalue weighted by Gasteiger charge is -2.09. The van der Waals surface area contributed by atoms with Crippen LogP contribution in [0.25, 0.3) is 0 Å². The lowest BCUT2D eigenvalue weighted by molar-refractivity contribution is 0.414. The summed E-state index contributed by atoms with van der Waals surface area (Å²) in [6.07, 6.45) is 0.838. The summed E-state index contributed by atoms with van der Waals surface area (Å²) in [6, 6.07) is 14.2. The second-order valence-electron chi connectivity index (χ2n) is 4.18. The molecule has 2 heteroatoms. The smallest absolute Gasteiger partial charge is 0.119 e. The molecule has 0 unspecified atom stereocenters. The Balaban J connectivity index is 2.28. The van der Waals surface area contributed by atoms with Gasteiger partial charge in [0.1, 0.15) is 5.75 Å². The molecule has 88 valence electrons. The molecule has 0 aliphatic rings. The first kappa shape index (κ1) is 11.5. The summed E-state index contributed by atoms with van der Waals surface area (Å²) in [5.74, 6) is 0.883. The zero-order chi connectivity index (χ0) is 12.3. The number of methoxy groups -OCH3 is 1. The van der Waals surface area contributed by atoms with Crippen LogP contribution in [0.1, 0.15) is 16.7 Å². The van der Waals surface area contributed by atoms with Crippen molar-refractivity contribution in [3.8, 4) is 5.75 Å². The molecule has 0 radical (unpaired) electrons. The minimum atomic E-state index is 0.838. The van der Waals surface area contributed by atoms with E-state index in [9.17, 15) is 0 Å². The molecule has 2 aromatic carbocycles. The molecule has 0 fully saturated rings. The first-order valence-electron chi connectivity index (χ1n) is 5.67. The van der Waals surface area contributed by atoms with Gasteiger partial charge < -0.3 is 10.5 Å². The van der Waals surface area contributed by atoms with Crippen LogP contribution in [0.15, 0.2) is 42.5 Å². The fourth-order valence-corrected chi connectivity index (χ4v) is 1.90. The number of hydrogen-bond acceptors (Lipinski definition) is 2. The van der Waals surface area contributed by atoms with E-state index in [0.29, 0.717) is 0 Å². The number of nitrogens with two attached hydrogens (primary N) is 1. The number of aryl methyl sites for hydroxylation is 1. The van der Waals surface area contributed by atoms with Gasteiger partial charge in [0.2, 0.25) is 0 Å². The Morgan fingerprint density at radius 2 is 1.88 bits per heavy atom. The summed E-state index contributed by atoms with van der Waals surface area (Å²) in [4.78, 5) is 0. The van der Waals surface area contributed by atoms with Gasteiger partial charge in [-0.2, -0.15) is 0 Å². The molecule has 2 aromatic rings. The molecule has 0 spiro atoms. The van der Waals surface area contributed by atoms with Gasteiger partial charge in [-0.05, 0) is 42.2 Å². The van der Waals surface area contributed by atoms with E-state index in [4.69, 9.17) is 10.5 Å². The van der Waals surface area contributed by atoms with Gasteiger partial charge >= 0.3 is 0 Å². The van der Waals surface area contributed by atoms with Gasteiger partial charge in [0.05, 0.1) is 7.11 Å². The summed E-state index contributed by atoms with van der Waals surface area (Å²) in [6.45, 7) is 2.03. The number of nitrogen functional groups attached to an aromatic ring is 1. The van der Waals surface area contributed by atoms with E-state index in [0.717, 1.165) is 23.4 Å². The van der Waals surface area contributed by atoms with Crippen LogP contribution < -0.4 is 10.5 Å². The Morgan fingerprint density at radius 1 is 1.12 bits per heavy atom. The van der Waals surface area contributed by atoms with Gasteiger partial charge in [-0.25, -0.2) is 0 Å². The normalized spacial score (nSPS) is 10.2. The SMILES string of the molecule is COc1cccc(Cc2cccc(C)c2N)c1. The van der Waals surface area contributed by atoms with Gasteiger partial charge in [0.15, 0.2) is 0 Å². The molecule has 0 saturated heterocycles. The fourth-order valence-electron chi connectivity index (χ4n) is 1.90. The van der Waals surface area contributed by atoms with Crippen molar-refractivity contribution in [3.63, 3.8) is 0 Å². The molecule has 2 nitrogen and oxygen atoms in total. The second-order valence-corrected chi connectivity index (χ2v) is 4.18. The molecule has 0 atom stereocenters. The van der Waals surface area contributed by atoms with E-state index in [1.807, 2.05) is 37.3 Å². The summed E-state index contributed by atoms with van der Waals surface area (Å²) in [5, 5.41) is 0. The number of hydrogen-bond donors (Lipinski definition) is 1. The van der Waals surface area contributed by atoms with E-state index in [2.05, 4.69) is 12.1 Å². The van der Waals surface area contributed by atoms with E-state index >= 15 is 0 Å². The molecule has 0 aromatic heterocycles. The molecule has 0 amide bonds. The lowest BCUT2D eigenvalue weighted by atomic mass is 10.0. The van der Waals surface area contributed by atoms with Gasteiger partial charge in [0, 0.05) is 5.69 Å². The third kappa shape index (κ3) is 2.59. The molecule has 2 N–H and O–H groups in total. The molecule has 2 rings (SSSR count). The molecule has 0 bridgehead atoms. The van der Waals surface area contributed by atoms with Gasteiger partial charge in [-0.1, -0.05) is 30.3 Å². The van der Waals surface area contributed by atoms with Crippen molar-refractivity contribution in [3.05, 3.63) is 59.2 Å². The summed E-state index contributed by atoms with van der Waals surface area (Å²) >= 11 is 0. The van der Waals surface area contributed by atoms with Crippen LogP contribution in [0.2, 0.25) is 0 Å². The molecule has 0 aliphatic carbocycles. The highest BCUT2D eigenvalue weighted by molar-refractivity contribution is 5.54. The third-order valence-electron chi connectivity index (χ3n) is 2.94. The monoisotopic (exact) mass is 227 g/mol. The van der Waals surface area contributed by atoms with Crippen LogP contribution in [0.3, 0.4) is 0 Å². The van der Waals surface area contributed by atoms with Crippen LogP contribution in [0.4, 0.5) is 5.69 Å². The average Bonchev–Trinajstić information content (AvgIpc) is 2.35. The van der Waals surface area contributed by atoms with Crippen molar-refractivity contribution in [1.82, 2.24) is 0 Å². The van der Waals surface area contributed by atoms with Crippen molar-refractivity contribution in [2.45, 2.75) is 13.3 Å². The van der Waals surface area contributed by atoms with Crippen LogP contribution in [0, 0.1) is 6.92 Å². The van der Waals surface area contributed by atoms with E-state index in [1.54, 1.807) is 7.11 Å². The average molecular weight is 227 g/mol. The summed E-state index contributed by atoms with van der Waals surface area (Å²) in [7, 11) is 1.68. The zero-order valence-electron chi connectivity index (χ0n) is 10.2. The standard InChI is InChI=1S/C15H17NO/c1-11-5-3-7-13(15(11)16)9-12-6-4-8-14(10-12)17-2/h3-8,10H,9,16H2,1-2H3. The Kier molecular flexibility index (Phi) is 3.33. The Bertz CT molecular complexity index is 520. The molecule has 0 heterocycles. The molecule has 0 saturated carbocycles. The minimum absolute atomic E-state index is 0.838. The molecular weight excluding hydrogens is 210 g/mol. The fraction of sp³-hybridized carbons (Fsp3) is 0.200. The van der Waals surface area contributed by atoms with Crippen LogP contribution in [0.5, 0.6) is 5.75 Å². The predicted octanol–water partition coefficient (Wildman–Crippen LogP) is 3.18. The van der Waals surface area contributed by atoms with Crippen molar-refractivity contribution >= 4 is 5.69 Å². The Morgan fingerprint density at radius 3 is 2.65 bits per heavy atom. The summed E-state index contributed by atoms with van der Waals surface area (Å²) in [5.41, 5.74) is 10.5. The third-order valence-corrected chi connectivity index (χ3v) is 2.94. The molecule has 0 aliphatic heterocycles. The van der Waals surface area contributed by atoms with Crippen molar-refractivity contribution in [2.24, 2.45) is 0 Å². The van der Waals surface area contributed by atoms with Crippen LogP contribution in [-0.4, -0.2) is 7.11 Å². The zero-order valence-corrected chi connectivity index (χ0v) is 10.2. The Labute approximate surface area is 102 Å². The van der Waals surface area contributed by atoms with E-state index < -0.39 is 0 Å². The van der Waals surface area contributed by atoms with E-state index in [1.165, 1.54) is 11.1 Å². The first-order chi connectivity index (χ1) is 8.20. The highest BCUT2D eigenvalue weighted by Crippen LogP contribution is 2.21. The second kappa shape index (κ2) is 4.91. The Hall–Kier alpha value is -1.96. The number of rotatable bonds is 3. The number of anilines is 1. The van der Waals surface area contributed by atoms with Crippen LogP contribution >= 0.6 is 0 Å². The first-order valence-corrected chi connectivity index (χ1v) is 5.67. The molecule has 17 heavy (non-hydrogen) atoms. The molecular formula is C15H17NO. The number of para-hydroxylation sites is 1. The van der Waals surface area contributed by atoms with E-state index in [-0.39, 0.29) is 0 Å². The maximum absolute atomic E-state index is 6.07. The van der Waals surface area contributed by atoms with Crippen molar-refractivity contribution < 1.29 is 4.74 Å². The maximum Gasteiger partial charge on any atom is 0.119 e. The van der Waals surface area contributed by atoms with Gasteiger partial charge in [0.25, 0.3) is 0 Å². The maximum atomic E-state index is 6.07. The topological polar surface area (TPSA) is 35.2 Å². The van der Waals surface area contributed by atoms with Gasteiger partial charge in [-0.3, -0.25) is 0 Å². The van der Waals surface area contributed by atoms with Crippen LogP contribution in [-0.2, 0) is 6.42 Å². The number of benzene rings is 2. The minimum Gasteiger partial charge on any atom is -0.497 e. The predicted molar refractivity (Wildman–Crippen MR) is 71.4 cm³/mol. The van der Waals surface area contributed by atoms with Crippen molar-refractivity contribution in [2.75, 3.05) is 12.8 Å². The number of ether oxygens (including phenoxy) is 1. The summed E-state index contributed by atoms with van der Waals surface area (Å²) < 4.78 is 5.22. The highest BCUT2D eigenvalue weighted by Gasteiger charge is 2.03. The highest BCUT2D eigenvalue weighted by atomic mass is 16.5. The lowest BCUT2D eigenvalue weighted by Crippen LogP contribution is -1.98. The largest absolute Gasteiger partial charge is 0.497 e. The quantitative estimate of drug-likeness (QED) is 0.817. The van der Waals surface area contributed by atoms with Gasteiger partial charge in [-0.15, -0.1) is 0 Å². The van der Waals surface area contributed by atoms with Crippen molar-refractivity contribution in [1.29, 1.82) is 0 Å².